The summed E-state index contributed by atoms with van der Waals surface area (Å²) in [6.07, 6.45) is 5.74. The molecule has 2 rings (SSSR count). The molecule has 1 aromatic carbocycles. The second-order valence-electron chi connectivity index (χ2n) is 5.68. The lowest BCUT2D eigenvalue weighted by Gasteiger charge is -2.26. The number of hydrogen-bond acceptors (Lipinski definition) is 2. The van der Waals surface area contributed by atoms with E-state index in [0.29, 0.717) is 12.5 Å². The molecule has 0 radical (unpaired) electrons. The van der Waals surface area contributed by atoms with E-state index < -0.39 is 15.8 Å². The van der Waals surface area contributed by atoms with Crippen molar-refractivity contribution in [1.29, 1.82) is 0 Å². The van der Waals surface area contributed by atoms with Gasteiger partial charge in [0.25, 0.3) is 0 Å². The lowest BCUT2D eigenvalue weighted by Crippen LogP contribution is -2.32. The van der Waals surface area contributed by atoms with Crippen molar-refractivity contribution in [3.05, 3.63) is 29.6 Å². The van der Waals surface area contributed by atoms with Gasteiger partial charge in [0.1, 0.15) is 5.82 Å². The third-order valence-electron chi connectivity index (χ3n) is 4.11. The van der Waals surface area contributed by atoms with E-state index in [1.807, 2.05) is 0 Å². The van der Waals surface area contributed by atoms with Crippen molar-refractivity contribution in [1.82, 2.24) is 4.31 Å². The van der Waals surface area contributed by atoms with Crippen LogP contribution in [0.15, 0.2) is 23.1 Å². The Balaban J connectivity index is 2.16. The second-order valence-corrected chi connectivity index (χ2v) is 7.99. The molecule has 21 heavy (non-hydrogen) atoms. The van der Waals surface area contributed by atoms with Crippen LogP contribution in [0.4, 0.5) is 4.39 Å². The average Bonchev–Trinajstić information content (AvgIpc) is 2.48. The quantitative estimate of drug-likeness (QED) is 0.769. The highest BCUT2D eigenvalue weighted by atomic mass is 35.5. The maximum atomic E-state index is 13.4. The predicted octanol–water partition coefficient (Wildman–Crippen LogP) is 3.77. The molecule has 1 aromatic rings. The molecule has 118 valence electrons. The maximum absolute atomic E-state index is 13.4. The van der Waals surface area contributed by atoms with Crippen LogP contribution in [0, 0.1) is 11.7 Å². The number of rotatable bonds is 5. The van der Waals surface area contributed by atoms with Crippen LogP contribution in [0.2, 0.25) is 0 Å². The van der Waals surface area contributed by atoms with Crippen LogP contribution < -0.4 is 0 Å². The summed E-state index contributed by atoms with van der Waals surface area (Å²) in [7, 11) is -1.99. The first-order valence-electron chi connectivity index (χ1n) is 7.26. The molecular formula is C15H21ClFNO2S. The normalized spacial score (nSPS) is 17.3. The topological polar surface area (TPSA) is 37.4 Å². The number of halogens is 2. The highest BCUT2D eigenvalue weighted by molar-refractivity contribution is 7.89. The Morgan fingerprint density at radius 3 is 2.57 bits per heavy atom. The summed E-state index contributed by atoms with van der Waals surface area (Å²) < 4.78 is 39.9. The predicted molar refractivity (Wildman–Crippen MR) is 82.3 cm³/mol. The largest absolute Gasteiger partial charge is 0.242 e. The maximum Gasteiger partial charge on any atom is 0.242 e. The van der Waals surface area contributed by atoms with Crippen LogP contribution in [-0.2, 0) is 15.9 Å². The van der Waals surface area contributed by atoms with Crippen LogP contribution in [0.3, 0.4) is 0 Å². The van der Waals surface area contributed by atoms with Crippen molar-refractivity contribution in [3.63, 3.8) is 0 Å². The third kappa shape index (κ3) is 3.96. The molecule has 0 heterocycles. The molecule has 0 aromatic heterocycles. The van der Waals surface area contributed by atoms with Gasteiger partial charge in [0.15, 0.2) is 0 Å². The standard InChI is InChI=1S/C15H21ClFNO2S/c1-18(11-12-5-3-2-4-6-12)21(19,20)14-7-8-15(17)13(9-14)10-16/h7-9,12H,2-6,10-11H2,1H3. The first kappa shape index (κ1) is 16.7. The molecule has 1 aliphatic carbocycles. The monoisotopic (exact) mass is 333 g/mol. The van der Waals surface area contributed by atoms with Gasteiger partial charge in [0.2, 0.25) is 10.0 Å². The van der Waals surface area contributed by atoms with Gasteiger partial charge in [-0.1, -0.05) is 19.3 Å². The van der Waals surface area contributed by atoms with E-state index in [1.54, 1.807) is 7.05 Å². The average molecular weight is 334 g/mol. The molecule has 0 aliphatic heterocycles. The summed E-state index contributed by atoms with van der Waals surface area (Å²) >= 11 is 5.64. The lowest BCUT2D eigenvalue weighted by molar-refractivity contribution is 0.300. The molecule has 6 heteroatoms. The van der Waals surface area contributed by atoms with E-state index in [2.05, 4.69) is 0 Å². The summed E-state index contributed by atoms with van der Waals surface area (Å²) in [5, 5.41) is 0. The first-order valence-corrected chi connectivity index (χ1v) is 9.23. The zero-order chi connectivity index (χ0) is 15.5. The molecule has 1 fully saturated rings. The van der Waals surface area contributed by atoms with Crippen LogP contribution >= 0.6 is 11.6 Å². The fraction of sp³-hybridized carbons (Fsp3) is 0.600. The van der Waals surface area contributed by atoms with E-state index >= 15 is 0 Å². The fourth-order valence-electron chi connectivity index (χ4n) is 2.83. The molecule has 0 atom stereocenters. The SMILES string of the molecule is CN(CC1CCCCC1)S(=O)(=O)c1ccc(F)c(CCl)c1. The number of alkyl halides is 1. The minimum atomic E-state index is -3.58. The molecule has 0 unspecified atom stereocenters. The van der Waals surface area contributed by atoms with Gasteiger partial charge in [-0.3, -0.25) is 0 Å². The summed E-state index contributed by atoms with van der Waals surface area (Å²) in [5.41, 5.74) is 0.212. The van der Waals surface area contributed by atoms with Crippen molar-refractivity contribution in [2.75, 3.05) is 13.6 Å². The first-order chi connectivity index (χ1) is 9.95. The Bertz CT molecular complexity index is 585. The minimum Gasteiger partial charge on any atom is -0.207 e. The third-order valence-corrected chi connectivity index (χ3v) is 6.22. The van der Waals surface area contributed by atoms with Gasteiger partial charge in [-0.05, 0) is 37.0 Å². The molecule has 0 saturated heterocycles. The van der Waals surface area contributed by atoms with Gasteiger partial charge < -0.3 is 0 Å². The Morgan fingerprint density at radius 1 is 1.29 bits per heavy atom. The van der Waals surface area contributed by atoms with Crippen molar-refractivity contribution >= 4 is 21.6 Å². The highest BCUT2D eigenvalue weighted by Gasteiger charge is 2.25. The van der Waals surface area contributed by atoms with Crippen LogP contribution in [0.25, 0.3) is 0 Å². The number of benzene rings is 1. The molecule has 0 spiro atoms. The summed E-state index contributed by atoms with van der Waals surface area (Å²) in [6, 6.07) is 3.80. The Morgan fingerprint density at radius 2 is 1.95 bits per heavy atom. The number of sulfonamides is 1. The molecule has 1 saturated carbocycles. The zero-order valence-corrected chi connectivity index (χ0v) is 13.8. The van der Waals surface area contributed by atoms with Gasteiger partial charge in [-0.25, -0.2) is 17.1 Å². The highest BCUT2D eigenvalue weighted by Crippen LogP contribution is 2.26. The second kappa shape index (κ2) is 7.07. The van der Waals surface area contributed by atoms with Crippen LogP contribution in [-0.4, -0.2) is 26.3 Å². The van der Waals surface area contributed by atoms with Gasteiger partial charge >= 0.3 is 0 Å². The molecular weight excluding hydrogens is 313 g/mol. The Labute approximate surface area is 131 Å². The van der Waals surface area contributed by atoms with Gasteiger partial charge in [-0.15, -0.1) is 11.6 Å². The van der Waals surface area contributed by atoms with Crippen molar-refractivity contribution in [2.24, 2.45) is 5.92 Å². The molecule has 0 amide bonds. The molecule has 0 bridgehead atoms. The minimum absolute atomic E-state index is 0.0401. The summed E-state index contributed by atoms with van der Waals surface area (Å²) in [5.74, 6) is -0.0907. The van der Waals surface area contributed by atoms with Gasteiger partial charge in [-0.2, -0.15) is 0 Å². The van der Waals surface area contributed by atoms with Crippen LogP contribution in [0.1, 0.15) is 37.7 Å². The fourth-order valence-corrected chi connectivity index (χ4v) is 4.33. The van der Waals surface area contributed by atoms with E-state index in [4.69, 9.17) is 11.6 Å². The number of hydrogen-bond donors (Lipinski definition) is 0. The van der Waals surface area contributed by atoms with E-state index in [1.165, 1.54) is 41.8 Å². The molecule has 1 aliphatic rings. The lowest BCUT2D eigenvalue weighted by atomic mass is 9.89. The van der Waals surface area contributed by atoms with E-state index in [-0.39, 0.29) is 16.3 Å². The van der Waals surface area contributed by atoms with E-state index in [9.17, 15) is 12.8 Å². The van der Waals surface area contributed by atoms with Crippen molar-refractivity contribution < 1.29 is 12.8 Å². The zero-order valence-electron chi connectivity index (χ0n) is 12.2. The summed E-state index contributed by atoms with van der Waals surface area (Å²) in [4.78, 5) is 0.109. The smallest absolute Gasteiger partial charge is 0.207 e. The molecule has 0 N–H and O–H groups in total. The summed E-state index contributed by atoms with van der Waals surface area (Å²) in [6.45, 7) is 0.524. The molecule has 3 nitrogen and oxygen atoms in total. The van der Waals surface area contributed by atoms with Crippen LogP contribution in [0.5, 0.6) is 0 Å². The van der Waals surface area contributed by atoms with Gasteiger partial charge in [0.05, 0.1) is 10.8 Å². The van der Waals surface area contributed by atoms with Crippen molar-refractivity contribution in [2.45, 2.75) is 42.9 Å². The van der Waals surface area contributed by atoms with Gasteiger partial charge in [0, 0.05) is 19.2 Å². The van der Waals surface area contributed by atoms with E-state index in [0.717, 1.165) is 12.8 Å². The number of nitrogens with zero attached hydrogens (tertiary/aromatic N) is 1. The van der Waals surface area contributed by atoms with Crippen molar-refractivity contribution in [3.8, 4) is 0 Å². The Hall–Kier alpha value is -0.650. The Kier molecular flexibility index (Phi) is 5.63.